The van der Waals surface area contributed by atoms with Crippen molar-refractivity contribution in [3.8, 4) is 0 Å². The molecular formula is C18H20N2O. The molecule has 2 aromatic rings. The predicted octanol–water partition coefficient (Wildman–Crippen LogP) is 3.36. The van der Waals surface area contributed by atoms with E-state index in [4.69, 9.17) is 5.73 Å². The normalized spacial score (nSPS) is 18.1. The lowest BCUT2D eigenvalue weighted by atomic mass is 9.84. The van der Waals surface area contributed by atoms with Crippen LogP contribution in [0, 0.1) is 0 Å². The number of urea groups is 1. The minimum absolute atomic E-state index is 0.146. The summed E-state index contributed by atoms with van der Waals surface area (Å²) in [7, 11) is 0. The Balaban J connectivity index is 2.03. The van der Waals surface area contributed by atoms with Gasteiger partial charge in [-0.05, 0) is 24.0 Å². The van der Waals surface area contributed by atoms with Crippen molar-refractivity contribution in [1.82, 2.24) is 4.90 Å². The average Bonchev–Trinajstić information content (AvgIpc) is 2.99. The Labute approximate surface area is 125 Å². The van der Waals surface area contributed by atoms with Crippen LogP contribution >= 0.6 is 0 Å². The average molecular weight is 280 g/mol. The molecule has 0 aliphatic carbocycles. The fourth-order valence-electron chi connectivity index (χ4n) is 3.37. The molecule has 1 aliphatic rings. The largest absolute Gasteiger partial charge is 0.351 e. The minimum Gasteiger partial charge on any atom is -0.351 e. The summed E-state index contributed by atoms with van der Waals surface area (Å²) in [5, 5.41) is 0. The van der Waals surface area contributed by atoms with Gasteiger partial charge in [0.25, 0.3) is 0 Å². The maximum absolute atomic E-state index is 11.7. The summed E-state index contributed by atoms with van der Waals surface area (Å²) in [6.07, 6.45) is 2.02. The number of carbonyl (C=O) groups is 1. The highest BCUT2D eigenvalue weighted by Gasteiger charge is 2.35. The molecule has 0 spiro atoms. The molecule has 1 unspecified atom stereocenters. The molecule has 1 heterocycles. The molecule has 0 saturated carbocycles. The van der Waals surface area contributed by atoms with Crippen LogP contribution < -0.4 is 5.73 Å². The van der Waals surface area contributed by atoms with Crippen LogP contribution in [0.15, 0.2) is 60.7 Å². The van der Waals surface area contributed by atoms with Gasteiger partial charge in [0, 0.05) is 18.5 Å². The van der Waals surface area contributed by atoms with E-state index in [-0.39, 0.29) is 18.0 Å². The van der Waals surface area contributed by atoms with E-state index in [0.717, 1.165) is 19.4 Å². The Hall–Kier alpha value is -2.29. The number of carbonyl (C=O) groups excluding carboxylic acids is 1. The first kappa shape index (κ1) is 13.7. The van der Waals surface area contributed by atoms with Gasteiger partial charge in [0.15, 0.2) is 0 Å². The van der Waals surface area contributed by atoms with Crippen LogP contribution in [0.4, 0.5) is 4.79 Å². The van der Waals surface area contributed by atoms with Crippen LogP contribution in [0.5, 0.6) is 0 Å². The fraction of sp³-hybridized carbons (Fsp3) is 0.278. The zero-order valence-corrected chi connectivity index (χ0v) is 12.0. The molecule has 3 rings (SSSR count). The highest BCUT2D eigenvalue weighted by atomic mass is 16.2. The van der Waals surface area contributed by atoms with E-state index < -0.39 is 0 Å². The molecule has 0 radical (unpaired) electrons. The number of nitrogens with two attached hydrogens (primary N) is 1. The number of rotatable bonds is 3. The van der Waals surface area contributed by atoms with Crippen LogP contribution in [0.3, 0.4) is 0 Å². The van der Waals surface area contributed by atoms with Gasteiger partial charge >= 0.3 is 6.03 Å². The van der Waals surface area contributed by atoms with Gasteiger partial charge < -0.3 is 10.6 Å². The molecule has 108 valence electrons. The van der Waals surface area contributed by atoms with E-state index in [0.29, 0.717) is 0 Å². The molecule has 1 saturated heterocycles. The van der Waals surface area contributed by atoms with Gasteiger partial charge in [-0.25, -0.2) is 4.79 Å². The summed E-state index contributed by atoms with van der Waals surface area (Å²) in [5.41, 5.74) is 8.04. The molecule has 1 atom stereocenters. The van der Waals surface area contributed by atoms with Crippen molar-refractivity contribution in [2.75, 3.05) is 6.54 Å². The lowest BCUT2D eigenvalue weighted by Crippen LogP contribution is -2.42. The molecule has 3 heteroatoms. The number of amides is 2. The molecule has 2 amide bonds. The first-order valence-electron chi connectivity index (χ1n) is 7.43. The second-order valence-corrected chi connectivity index (χ2v) is 5.54. The number of primary amides is 1. The van der Waals surface area contributed by atoms with Crippen molar-refractivity contribution in [2.24, 2.45) is 5.73 Å². The Morgan fingerprint density at radius 3 is 2.00 bits per heavy atom. The highest BCUT2D eigenvalue weighted by molar-refractivity contribution is 5.73. The molecule has 2 N–H and O–H groups in total. The second-order valence-electron chi connectivity index (χ2n) is 5.54. The predicted molar refractivity (Wildman–Crippen MR) is 84.0 cm³/mol. The first-order chi connectivity index (χ1) is 10.3. The Morgan fingerprint density at radius 1 is 1.00 bits per heavy atom. The van der Waals surface area contributed by atoms with Gasteiger partial charge in [-0.15, -0.1) is 0 Å². The van der Waals surface area contributed by atoms with E-state index in [2.05, 4.69) is 48.5 Å². The third-order valence-corrected chi connectivity index (χ3v) is 4.28. The summed E-state index contributed by atoms with van der Waals surface area (Å²) >= 11 is 0. The quantitative estimate of drug-likeness (QED) is 0.920. The maximum Gasteiger partial charge on any atom is 0.315 e. The molecular weight excluding hydrogens is 260 g/mol. The molecule has 2 aromatic carbocycles. The highest BCUT2D eigenvalue weighted by Crippen LogP contribution is 2.36. The standard InChI is InChI=1S/C18H20N2O/c19-18(21)20-13-7-12-16(20)17(14-8-3-1-4-9-14)15-10-5-2-6-11-15/h1-6,8-11,16-17H,7,12-13H2,(H2,19,21). The van der Waals surface area contributed by atoms with Gasteiger partial charge in [0.2, 0.25) is 0 Å². The van der Waals surface area contributed by atoms with Crippen molar-refractivity contribution < 1.29 is 4.79 Å². The molecule has 0 aromatic heterocycles. The lowest BCUT2D eigenvalue weighted by molar-refractivity contribution is 0.198. The summed E-state index contributed by atoms with van der Waals surface area (Å²) in [5.74, 6) is 0.183. The van der Waals surface area contributed by atoms with Gasteiger partial charge in [0.1, 0.15) is 0 Å². The Kier molecular flexibility index (Phi) is 3.91. The van der Waals surface area contributed by atoms with Crippen LogP contribution in [0.2, 0.25) is 0 Å². The van der Waals surface area contributed by atoms with Crippen molar-refractivity contribution >= 4 is 6.03 Å². The van der Waals surface area contributed by atoms with Gasteiger partial charge in [0.05, 0.1) is 0 Å². The van der Waals surface area contributed by atoms with Crippen molar-refractivity contribution in [1.29, 1.82) is 0 Å². The number of hydrogen-bond donors (Lipinski definition) is 1. The van der Waals surface area contributed by atoms with Crippen molar-refractivity contribution in [3.63, 3.8) is 0 Å². The third kappa shape index (κ3) is 2.77. The van der Waals surface area contributed by atoms with Gasteiger partial charge in [-0.1, -0.05) is 60.7 Å². The molecule has 0 bridgehead atoms. The topological polar surface area (TPSA) is 46.3 Å². The second kappa shape index (κ2) is 6.00. The zero-order chi connectivity index (χ0) is 14.7. The Bertz CT molecular complexity index is 558. The zero-order valence-electron chi connectivity index (χ0n) is 12.0. The fourth-order valence-corrected chi connectivity index (χ4v) is 3.37. The number of benzene rings is 2. The van der Waals surface area contributed by atoms with Gasteiger partial charge in [-0.2, -0.15) is 0 Å². The maximum atomic E-state index is 11.7. The van der Waals surface area contributed by atoms with Gasteiger partial charge in [-0.3, -0.25) is 0 Å². The molecule has 1 aliphatic heterocycles. The van der Waals surface area contributed by atoms with E-state index in [1.165, 1.54) is 11.1 Å². The number of likely N-dealkylation sites (tertiary alicyclic amines) is 1. The number of nitrogens with zero attached hydrogens (tertiary/aromatic N) is 1. The first-order valence-corrected chi connectivity index (χ1v) is 7.43. The monoisotopic (exact) mass is 280 g/mol. The van der Waals surface area contributed by atoms with E-state index in [1.807, 2.05) is 17.0 Å². The van der Waals surface area contributed by atoms with E-state index in [1.54, 1.807) is 0 Å². The van der Waals surface area contributed by atoms with E-state index >= 15 is 0 Å². The van der Waals surface area contributed by atoms with Crippen LogP contribution in [0.1, 0.15) is 29.9 Å². The van der Waals surface area contributed by atoms with E-state index in [9.17, 15) is 4.79 Å². The molecule has 21 heavy (non-hydrogen) atoms. The minimum atomic E-state index is -0.311. The van der Waals surface area contributed by atoms with Crippen molar-refractivity contribution in [2.45, 2.75) is 24.8 Å². The van der Waals surface area contributed by atoms with Crippen molar-refractivity contribution in [3.05, 3.63) is 71.8 Å². The Morgan fingerprint density at radius 2 is 1.52 bits per heavy atom. The molecule has 1 fully saturated rings. The van der Waals surface area contributed by atoms with Crippen LogP contribution in [-0.4, -0.2) is 23.5 Å². The summed E-state index contributed by atoms with van der Waals surface area (Å²) in [4.78, 5) is 13.6. The summed E-state index contributed by atoms with van der Waals surface area (Å²) in [6.45, 7) is 0.760. The molecule has 3 nitrogen and oxygen atoms in total. The van der Waals surface area contributed by atoms with Crippen LogP contribution in [0.25, 0.3) is 0 Å². The smallest absolute Gasteiger partial charge is 0.315 e. The summed E-state index contributed by atoms with van der Waals surface area (Å²) in [6, 6.07) is 20.6. The summed E-state index contributed by atoms with van der Waals surface area (Å²) < 4.78 is 0. The SMILES string of the molecule is NC(=O)N1CCCC1C(c1ccccc1)c1ccccc1. The lowest BCUT2D eigenvalue weighted by Gasteiger charge is -2.31. The van der Waals surface area contributed by atoms with Crippen LogP contribution in [-0.2, 0) is 0 Å². The number of hydrogen-bond acceptors (Lipinski definition) is 1. The third-order valence-electron chi connectivity index (χ3n) is 4.28.